The van der Waals surface area contributed by atoms with Crippen LogP contribution in [0.1, 0.15) is 5.56 Å². The van der Waals surface area contributed by atoms with Crippen LogP contribution in [-0.4, -0.2) is 23.8 Å². The van der Waals surface area contributed by atoms with Crippen molar-refractivity contribution in [1.29, 1.82) is 0 Å². The maximum atomic E-state index is 9.80. The fourth-order valence-electron chi connectivity index (χ4n) is 1.51. The van der Waals surface area contributed by atoms with Gasteiger partial charge in [0.05, 0.1) is 5.60 Å². The first-order chi connectivity index (χ1) is 5.79. The molecule has 0 aromatic heterocycles. The van der Waals surface area contributed by atoms with Crippen LogP contribution in [-0.2, 0) is 6.42 Å². The largest absolute Gasteiger partial charge is 0.387 e. The number of benzene rings is 1. The molecule has 1 aromatic carbocycles. The monoisotopic (exact) mass is 199 g/mol. The lowest BCUT2D eigenvalue weighted by Gasteiger charge is -2.37. The molecule has 1 aliphatic rings. The van der Waals surface area contributed by atoms with Crippen molar-refractivity contribution in [3.05, 3.63) is 35.9 Å². The molecule has 72 valence electrons. The van der Waals surface area contributed by atoms with Crippen molar-refractivity contribution in [2.75, 3.05) is 13.1 Å². The Labute approximate surface area is 84.4 Å². The van der Waals surface area contributed by atoms with Gasteiger partial charge in [-0.15, -0.1) is 12.4 Å². The fourth-order valence-corrected chi connectivity index (χ4v) is 1.51. The highest BCUT2D eigenvalue weighted by atomic mass is 35.5. The van der Waals surface area contributed by atoms with Crippen molar-refractivity contribution < 1.29 is 5.11 Å². The molecule has 1 heterocycles. The summed E-state index contributed by atoms with van der Waals surface area (Å²) in [7, 11) is 0. The Balaban J connectivity index is 0.000000845. The molecule has 1 saturated heterocycles. The normalized spacial score (nSPS) is 18.5. The van der Waals surface area contributed by atoms with Gasteiger partial charge in [0, 0.05) is 19.5 Å². The average Bonchev–Trinajstić information content (AvgIpc) is 2.04. The molecular weight excluding hydrogens is 186 g/mol. The van der Waals surface area contributed by atoms with Crippen molar-refractivity contribution in [3.63, 3.8) is 0 Å². The average molecular weight is 200 g/mol. The van der Waals surface area contributed by atoms with Crippen LogP contribution in [0.4, 0.5) is 0 Å². The highest BCUT2D eigenvalue weighted by Gasteiger charge is 2.33. The van der Waals surface area contributed by atoms with Gasteiger partial charge in [-0.05, 0) is 5.56 Å². The predicted molar refractivity (Wildman–Crippen MR) is 55.2 cm³/mol. The molecule has 2 rings (SSSR count). The highest BCUT2D eigenvalue weighted by Crippen LogP contribution is 2.16. The molecule has 1 aliphatic heterocycles. The quantitative estimate of drug-likeness (QED) is 0.745. The van der Waals surface area contributed by atoms with Gasteiger partial charge >= 0.3 is 0 Å². The highest BCUT2D eigenvalue weighted by molar-refractivity contribution is 5.85. The number of hydrogen-bond donors (Lipinski definition) is 2. The zero-order chi connectivity index (χ0) is 8.44. The zero-order valence-corrected chi connectivity index (χ0v) is 8.18. The number of aliphatic hydroxyl groups is 1. The van der Waals surface area contributed by atoms with Gasteiger partial charge in [0.15, 0.2) is 0 Å². The second-order valence-electron chi connectivity index (χ2n) is 3.49. The third-order valence-electron chi connectivity index (χ3n) is 2.28. The number of hydrogen-bond acceptors (Lipinski definition) is 2. The predicted octanol–water partition coefficient (Wildman–Crippen LogP) is 0.985. The Bertz CT molecular complexity index is 259. The Hall–Kier alpha value is -0.570. The minimum Gasteiger partial charge on any atom is -0.387 e. The Morgan fingerprint density at radius 3 is 2.31 bits per heavy atom. The van der Waals surface area contributed by atoms with Crippen molar-refractivity contribution in [2.24, 2.45) is 0 Å². The molecule has 0 amide bonds. The van der Waals surface area contributed by atoms with Crippen LogP contribution in [0.15, 0.2) is 30.3 Å². The van der Waals surface area contributed by atoms with E-state index in [1.807, 2.05) is 18.2 Å². The molecule has 13 heavy (non-hydrogen) atoms. The molecule has 2 N–H and O–H groups in total. The molecule has 0 radical (unpaired) electrons. The van der Waals surface area contributed by atoms with Gasteiger partial charge in [0.1, 0.15) is 0 Å². The van der Waals surface area contributed by atoms with Gasteiger partial charge in [-0.3, -0.25) is 0 Å². The molecule has 0 aliphatic carbocycles. The van der Waals surface area contributed by atoms with Crippen LogP contribution < -0.4 is 5.32 Å². The molecule has 1 fully saturated rings. The van der Waals surface area contributed by atoms with Crippen molar-refractivity contribution in [1.82, 2.24) is 5.32 Å². The lowest BCUT2D eigenvalue weighted by molar-refractivity contribution is -0.00901. The van der Waals surface area contributed by atoms with E-state index < -0.39 is 5.60 Å². The van der Waals surface area contributed by atoms with E-state index in [1.54, 1.807) is 0 Å². The molecule has 0 saturated carbocycles. The summed E-state index contributed by atoms with van der Waals surface area (Å²) < 4.78 is 0. The minimum absolute atomic E-state index is 0. The van der Waals surface area contributed by atoms with Gasteiger partial charge < -0.3 is 10.4 Å². The van der Waals surface area contributed by atoms with Crippen LogP contribution in [0.3, 0.4) is 0 Å². The van der Waals surface area contributed by atoms with E-state index in [9.17, 15) is 5.11 Å². The molecule has 3 heteroatoms. The summed E-state index contributed by atoms with van der Waals surface area (Å²) in [6.07, 6.45) is 0.765. The molecule has 1 aromatic rings. The molecule has 0 spiro atoms. The van der Waals surface area contributed by atoms with Crippen LogP contribution in [0.2, 0.25) is 0 Å². The van der Waals surface area contributed by atoms with E-state index >= 15 is 0 Å². The molecule has 0 bridgehead atoms. The van der Waals surface area contributed by atoms with E-state index in [1.165, 1.54) is 5.56 Å². The summed E-state index contributed by atoms with van der Waals surface area (Å²) in [5.74, 6) is 0. The topological polar surface area (TPSA) is 32.3 Å². The third kappa shape index (κ3) is 2.44. The summed E-state index contributed by atoms with van der Waals surface area (Å²) in [4.78, 5) is 0. The van der Waals surface area contributed by atoms with Gasteiger partial charge in [-0.25, -0.2) is 0 Å². The van der Waals surface area contributed by atoms with Gasteiger partial charge in [0.25, 0.3) is 0 Å². The standard InChI is InChI=1S/C10H13NO.ClH/c12-10(7-11-8-10)6-9-4-2-1-3-5-9;/h1-5,11-12H,6-8H2;1H. The first-order valence-corrected chi connectivity index (χ1v) is 4.26. The van der Waals surface area contributed by atoms with Crippen LogP contribution in [0, 0.1) is 0 Å². The van der Waals surface area contributed by atoms with E-state index in [2.05, 4.69) is 17.4 Å². The Kier molecular flexibility index (Phi) is 3.31. The SMILES string of the molecule is Cl.OC1(Cc2ccccc2)CNC1. The first-order valence-electron chi connectivity index (χ1n) is 4.26. The van der Waals surface area contributed by atoms with Crippen molar-refractivity contribution in [3.8, 4) is 0 Å². The zero-order valence-electron chi connectivity index (χ0n) is 7.36. The Morgan fingerprint density at radius 2 is 1.85 bits per heavy atom. The minimum atomic E-state index is -0.485. The van der Waals surface area contributed by atoms with Crippen molar-refractivity contribution >= 4 is 12.4 Å². The lowest BCUT2D eigenvalue weighted by Crippen LogP contribution is -2.60. The maximum absolute atomic E-state index is 9.80. The van der Waals surface area contributed by atoms with Crippen LogP contribution in [0.25, 0.3) is 0 Å². The number of β-amino-alcohol motifs (C(OH)–C–C–N with tert-alkyl or cyclic N) is 1. The second kappa shape index (κ2) is 4.09. The Morgan fingerprint density at radius 1 is 1.23 bits per heavy atom. The van der Waals surface area contributed by atoms with E-state index in [0.717, 1.165) is 19.5 Å². The summed E-state index contributed by atoms with van der Waals surface area (Å²) in [5, 5.41) is 12.9. The van der Waals surface area contributed by atoms with E-state index in [0.29, 0.717) is 0 Å². The number of nitrogens with one attached hydrogen (secondary N) is 1. The van der Waals surface area contributed by atoms with Gasteiger partial charge in [0.2, 0.25) is 0 Å². The summed E-state index contributed by atoms with van der Waals surface area (Å²) in [5.41, 5.74) is 0.725. The first kappa shape index (κ1) is 10.5. The van der Waals surface area contributed by atoms with Crippen LogP contribution in [0.5, 0.6) is 0 Å². The number of rotatable bonds is 2. The fraction of sp³-hybridized carbons (Fsp3) is 0.400. The summed E-state index contributed by atoms with van der Waals surface area (Å²) in [6, 6.07) is 10.1. The van der Waals surface area contributed by atoms with E-state index in [-0.39, 0.29) is 12.4 Å². The molecular formula is C10H14ClNO. The summed E-state index contributed by atoms with van der Waals surface area (Å²) >= 11 is 0. The molecule has 2 nitrogen and oxygen atoms in total. The lowest BCUT2D eigenvalue weighted by atomic mass is 9.89. The second-order valence-corrected chi connectivity index (χ2v) is 3.49. The third-order valence-corrected chi connectivity index (χ3v) is 2.28. The number of halogens is 1. The van der Waals surface area contributed by atoms with Crippen LogP contribution >= 0.6 is 12.4 Å². The molecule has 0 atom stereocenters. The van der Waals surface area contributed by atoms with Gasteiger partial charge in [-0.2, -0.15) is 0 Å². The maximum Gasteiger partial charge on any atom is 0.0935 e. The van der Waals surface area contributed by atoms with Gasteiger partial charge in [-0.1, -0.05) is 30.3 Å². The molecule has 0 unspecified atom stereocenters. The van der Waals surface area contributed by atoms with Crippen molar-refractivity contribution in [2.45, 2.75) is 12.0 Å². The summed E-state index contributed by atoms with van der Waals surface area (Å²) in [6.45, 7) is 1.45. The van der Waals surface area contributed by atoms with E-state index in [4.69, 9.17) is 0 Å². The smallest absolute Gasteiger partial charge is 0.0935 e.